The van der Waals surface area contributed by atoms with Crippen LogP contribution < -0.4 is 0 Å². The first kappa shape index (κ1) is 11.3. The molecule has 0 fully saturated rings. The third kappa shape index (κ3) is 2.81. The highest BCUT2D eigenvalue weighted by Gasteiger charge is 2.13. The van der Waals surface area contributed by atoms with Crippen molar-refractivity contribution < 1.29 is 5.11 Å². The van der Waals surface area contributed by atoms with Crippen LogP contribution in [0.25, 0.3) is 10.7 Å². The zero-order valence-corrected chi connectivity index (χ0v) is 9.23. The second-order valence-corrected chi connectivity index (χ2v) is 4.46. The number of diazo groups is 1. The third-order valence-corrected chi connectivity index (χ3v) is 2.23. The lowest BCUT2D eigenvalue weighted by Crippen LogP contribution is -2.10. The molecule has 0 bridgehead atoms. The molecule has 0 aliphatic heterocycles. The zero-order valence-electron chi connectivity index (χ0n) is 9.23. The molecular formula is C12H15N2O+. The molecule has 0 aliphatic rings. The van der Waals surface area contributed by atoms with Gasteiger partial charge in [-0.05, 0) is 11.0 Å². The van der Waals surface area contributed by atoms with Crippen molar-refractivity contribution in [1.82, 2.24) is 0 Å². The van der Waals surface area contributed by atoms with Crippen LogP contribution in [0.2, 0.25) is 0 Å². The summed E-state index contributed by atoms with van der Waals surface area (Å²) in [7, 11) is 0. The van der Waals surface area contributed by atoms with E-state index in [1.54, 1.807) is 12.1 Å². The zero-order chi connectivity index (χ0) is 11.5. The molecule has 0 spiro atoms. The lowest BCUT2D eigenvalue weighted by atomic mass is 9.86. The Morgan fingerprint density at radius 2 is 1.80 bits per heavy atom. The Morgan fingerprint density at radius 1 is 1.27 bits per heavy atom. The van der Waals surface area contributed by atoms with Gasteiger partial charge in [-0.25, -0.2) is 0 Å². The highest BCUT2D eigenvalue weighted by molar-refractivity contribution is 5.59. The SMILES string of the molecule is CC(C)(C)c1ccc(/C(O)=C/[N+]#N)cc1. The normalized spacial score (nSPS) is 12.3. The van der Waals surface area contributed by atoms with E-state index in [0.29, 0.717) is 5.56 Å². The fourth-order valence-corrected chi connectivity index (χ4v) is 1.27. The molecule has 0 amide bonds. The van der Waals surface area contributed by atoms with E-state index in [1.165, 1.54) is 5.56 Å². The summed E-state index contributed by atoms with van der Waals surface area (Å²) in [6.45, 7) is 6.38. The van der Waals surface area contributed by atoms with E-state index < -0.39 is 0 Å². The van der Waals surface area contributed by atoms with Gasteiger partial charge in [0.05, 0.1) is 0 Å². The van der Waals surface area contributed by atoms with Crippen LogP contribution in [0.1, 0.15) is 31.9 Å². The Balaban J connectivity index is 3.02. The van der Waals surface area contributed by atoms with Crippen molar-refractivity contribution in [3.63, 3.8) is 0 Å². The van der Waals surface area contributed by atoms with Crippen molar-refractivity contribution in [2.24, 2.45) is 0 Å². The molecule has 1 N–H and O–H groups in total. The minimum Gasteiger partial charge on any atom is -0.501 e. The van der Waals surface area contributed by atoms with Crippen molar-refractivity contribution in [3.8, 4) is 0 Å². The van der Waals surface area contributed by atoms with Crippen LogP contribution in [0.4, 0.5) is 0 Å². The summed E-state index contributed by atoms with van der Waals surface area (Å²) in [6.07, 6.45) is 1.01. The highest BCUT2D eigenvalue weighted by Crippen LogP contribution is 2.23. The van der Waals surface area contributed by atoms with Gasteiger partial charge in [0.2, 0.25) is 11.2 Å². The third-order valence-electron chi connectivity index (χ3n) is 2.23. The predicted octanol–water partition coefficient (Wildman–Crippen LogP) is 3.69. The smallest absolute Gasteiger partial charge is 0.392 e. The van der Waals surface area contributed by atoms with Gasteiger partial charge in [-0.15, -0.1) is 0 Å². The monoisotopic (exact) mass is 203 g/mol. The summed E-state index contributed by atoms with van der Waals surface area (Å²) >= 11 is 0. The van der Waals surface area contributed by atoms with E-state index in [4.69, 9.17) is 5.39 Å². The van der Waals surface area contributed by atoms with Gasteiger partial charge in [-0.1, -0.05) is 45.0 Å². The summed E-state index contributed by atoms with van der Waals surface area (Å²) in [5.41, 5.74) is 1.93. The molecule has 0 atom stereocenters. The molecule has 3 heteroatoms. The lowest BCUT2D eigenvalue weighted by molar-refractivity contribution is 0.511. The van der Waals surface area contributed by atoms with Crippen LogP contribution >= 0.6 is 0 Å². The highest BCUT2D eigenvalue weighted by atomic mass is 16.3. The van der Waals surface area contributed by atoms with Gasteiger partial charge in [0.15, 0.2) is 4.98 Å². The Morgan fingerprint density at radius 3 is 2.20 bits per heavy atom. The van der Waals surface area contributed by atoms with Crippen molar-refractivity contribution in [1.29, 1.82) is 5.39 Å². The summed E-state index contributed by atoms with van der Waals surface area (Å²) in [5.74, 6) is -0.0436. The van der Waals surface area contributed by atoms with Crippen molar-refractivity contribution in [3.05, 3.63) is 46.6 Å². The number of aliphatic hydroxyl groups is 1. The molecule has 0 aliphatic carbocycles. The number of rotatable bonds is 1. The molecule has 1 aromatic carbocycles. The van der Waals surface area contributed by atoms with E-state index in [1.807, 2.05) is 12.1 Å². The van der Waals surface area contributed by atoms with E-state index >= 15 is 0 Å². The molecule has 0 saturated carbocycles. The fraction of sp³-hybridized carbons (Fsp3) is 0.333. The standard InChI is InChI=1S/C12H14N2O/c1-12(2,3)10-6-4-9(5-7-10)11(15)8-14-13/h4-8H,1-3H3/p+1/b11-8-. The van der Waals surface area contributed by atoms with Gasteiger partial charge in [-0.2, -0.15) is 0 Å². The average Bonchev–Trinajstić information content (AvgIpc) is 2.17. The number of hydrogen-bond donors (Lipinski definition) is 1. The second-order valence-electron chi connectivity index (χ2n) is 4.46. The van der Waals surface area contributed by atoms with Gasteiger partial charge in [0.1, 0.15) is 0 Å². The molecule has 3 nitrogen and oxygen atoms in total. The molecular weight excluding hydrogens is 188 g/mol. The van der Waals surface area contributed by atoms with Crippen molar-refractivity contribution >= 4 is 5.76 Å². The first-order chi connectivity index (χ1) is 6.95. The Hall–Kier alpha value is -1.82. The van der Waals surface area contributed by atoms with Gasteiger partial charge >= 0.3 is 6.20 Å². The lowest BCUT2D eigenvalue weighted by Gasteiger charge is -2.18. The summed E-state index contributed by atoms with van der Waals surface area (Å²) in [6, 6.07) is 7.52. The molecule has 78 valence electrons. The van der Waals surface area contributed by atoms with Crippen LogP contribution in [0.5, 0.6) is 0 Å². The molecule has 0 heterocycles. The summed E-state index contributed by atoms with van der Waals surface area (Å²) < 4.78 is 0. The van der Waals surface area contributed by atoms with E-state index in [2.05, 4.69) is 25.7 Å². The predicted molar refractivity (Wildman–Crippen MR) is 60.8 cm³/mol. The Labute approximate surface area is 89.7 Å². The molecule has 0 aromatic heterocycles. The fourth-order valence-electron chi connectivity index (χ4n) is 1.27. The Bertz CT molecular complexity index is 405. The van der Waals surface area contributed by atoms with E-state index in [0.717, 1.165) is 6.20 Å². The first-order valence-electron chi connectivity index (χ1n) is 4.79. The van der Waals surface area contributed by atoms with Crippen LogP contribution in [0.15, 0.2) is 30.5 Å². The van der Waals surface area contributed by atoms with Crippen LogP contribution in [0, 0.1) is 5.39 Å². The molecule has 0 radical (unpaired) electrons. The first-order valence-corrected chi connectivity index (χ1v) is 4.79. The Kier molecular flexibility index (Phi) is 3.11. The van der Waals surface area contributed by atoms with E-state index in [-0.39, 0.29) is 11.2 Å². The van der Waals surface area contributed by atoms with Gasteiger partial charge < -0.3 is 5.11 Å². The summed E-state index contributed by atoms with van der Waals surface area (Å²) in [4.78, 5) is 2.77. The molecule has 15 heavy (non-hydrogen) atoms. The van der Waals surface area contributed by atoms with Gasteiger partial charge in [-0.3, -0.25) is 0 Å². The number of benzene rings is 1. The van der Waals surface area contributed by atoms with Crippen LogP contribution in [-0.4, -0.2) is 5.11 Å². The number of aliphatic hydroxyl groups excluding tert-OH is 1. The average molecular weight is 203 g/mol. The largest absolute Gasteiger partial charge is 0.501 e. The number of nitrogens with zero attached hydrogens (tertiary/aromatic N) is 2. The maximum Gasteiger partial charge on any atom is 0.392 e. The quantitative estimate of drug-likeness (QED) is 0.559. The van der Waals surface area contributed by atoms with Crippen LogP contribution in [-0.2, 0) is 5.41 Å². The van der Waals surface area contributed by atoms with Crippen molar-refractivity contribution in [2.45, 2.75) is 26.2 Å². The minimum atomic E-state index is -0.0436. The number of hydrogen-bond acceptors (Lipinski definition) is 2. The van der Waals surface area contributed by atoms with Crippen molar-refractivity contribution in [2.75, 3.05) is 0 Å². The van der Waals surface area contributed by atoms with Crippen LogP contribution in [0.3, 0.4) is 0 Å². The van der Waals surface area contributed by atoms with Gasteiger partial charge in [0, 0.05) is 5.56 Å². The molecule has 1 aromatic rings. The topological polar surface area (TPSA) is 48.4 Å². The minimum absolute atomic E-state index is 0.0436. The van der Waals surface area contributed by atoms with Gasteiger partial charge in [0.25, 0.3) is 0 Å². The van der Waals surface area contributed by atoms with E-state index in [9.17, 15) is 5.11 Å². The molecule has 0 saturated heterocycles. The maximum atomic E-state index is 9.42. The summed E-state index contributed by atoms with van der Waals surface area (Å²) in [5, 5.41) is 17.7. The maximum absolute atomic E-state index is 9.42. The molecule has 1 rings (SSSR count). The molecule has 0 unspecified atom stereocenters. The second kappa shape index (κ2) is 4.14.